The lowest BCUT2D eigenvalue weighted by Gasteiger charge is -2.24. The zero-order chi connectivity index (χ0) is 28.0. The lowest BCUT2D eigenvalue weighted by molar-refractivity contribution is -0.150. The molecule has 1 rings (SSSR count). The Hall–Kier alpha value is -3.80. The highest BCUT2D eigenvalue weighted by Gasteiger charge is 2.29. The zero-order valence-corrected chi connectivity index (χ0v) is 21.7. The van der Waals surface area contributed by atoms with Gasteiger partial charge in [-0.1, -0.05) is 44.2 Å². The molecule has 0 bridgehead atoms. The van der Waals surface area contributed by atoms with Gasteiger partial charge in [0.25, 0.3) is 0 Å². The Labute approximate surface area is 216 Å². The maximum Gasteiger partial charge on any atom is 0.336 e. The Morgan fingerprint density at radius 1 is 0.892 bits per heavy atom. The van der Waals surface area contributed by atoms with Crippen LogP contribution >= 0.6 is 0 Å². The number of ether oxygens (including phenoxy) is 1. The van der Waals surface area contributed by atoms with E-state index < -0.39 is 60.1 Å². The summed E-state index contributed by atoms with van der Waals surface area (Å²) in [7, 11) is 0. The fourth-order valence-corrected chi connectivity index (χ4v) is 3.34. The van der Waals surface area contributed by atoms with Gasteiger partial charge >= 0.3 is 5.97 Å². The summed E-state index contributed by atoms with van der Waals surface area (Å²) >= 11 is 0. The summed E-state index contributed by atoms with van der Waals surface area (Å²) in [4.78, 5) is 73.8. The molecule has 1 aromatic rings. The Bertz CT molecular complexity index is 952. The monoisotopic (exact) mass is 519 g/mol. The van der Waals surface area contributed by atoms with Gasteiger partial charge in [0.2, 0.25) is 23.6 Å². The first-order valence-corrected chi connectivity index (χ1v) is 12.1. The van der Waals surface area contributed by atoms with Crippen molar-refractivity contribution < 1.29 is 33.5 Å². The third kappa shape index (κ3) is 11.7. The minimum atomic E-state index is -1.49. The number of esters is 1. The lowest BCUT2D eigenvalue weighted by atomic mass is 10.0. The van der Waals surface area contributed by atoms with Crippen LogP contribution < -0.4 is 27.0 Å². The minimum Gasteiger partial charge on any atom is -0.464 e. The molecule has 6 N–H and O–H groups in total. The molecule has 0 aromatic heterocycles. The van der Waals surface area contributed by atoms with E-state index in [0.29, 0.717) is 6.42 Å². The topological polar surface area (TPSA) is 186 Å². The number of amides is 4. The van der Waals surface area contributed by atoms with Gasteiger partial charge in [-0.2, -0.15) is 0 Å². The van der Waals surface area contributed by atoms with Crippen LogP contribution in [0.25, 0.3) is 0 Å². The molecule has 0 spiro atoms. The molecular weight excluding hydrogens is 482 g/mol. The van der Waals surface area contributed by atoms with Gasteiger partial charge in [0.1, 0.15) is 12.1 Å². The Kier molecular flexibility index (Phi) is 13.5. The molecule has 0 aliphatic carbocycles. The van der Waals surface area contributed by atoms with Crippen LogP contribution in [0.2, 0.25) is 0 Å². The first-order valence-electron chi connectivity index (χ1n) is 12.1. The summed E-state index contributed by atoms with van der Waals surface area (Å²) in [6.07, 6.45) is 0.429. The van der Waals surface area contributed by atoms with Crippen molar-refractivity contribution in [3.63, 3.8) is 0 Å². The first-order chi connectivity index (χ1) is 17.5. The maximum atomic E-state index is 13.0. The molecule has 1 aromatic carbocycles. The van der Waals surface area contributed by atoms with Crippen LogP contribution in [0.15, 0.2) is 30.3 Å². The van der Waals surface area contributed by atoms with E-state index in [1.54, 1.807) is 37.3 Å². The fraction of sp³-hybridized carbons (Fsp3) is 0.520. The molecular formula is C25H37N5O7. The minimum absolute atomic E-state index is 0.0274. The van der Waals surface area contributed by atoms with Crippen LogP contribution in [-0.2, 0) is 39.9 Å². The number of nitrogens with two attached hydrogens (primary N) is 1. The number of Topliss-reactive ketones (excluding diaryl/α,β-unsaturated/α-hetero) is 1. The average Bonchev–Trinajstić information content (AvgIpc) is 2.85. The molecule has 0 heterocycles. The number of nitrogens with one attached hydrogen (secondary N) is 4. The van der Waals surface area contributed by atoms with Crippen LogP contribution in [0.4, 0.5) is 0 Å². The molecule has 3 unspecified atom stereocenters. The second-order valence-electron chi connectivity index (χ2n) is 8.79. The molecule has 0 saturated heterocycles. The van der Waals surface area contributed by atoms with Crippen molar-refractivity contribution in [1.29, 1.82) is 0 Å². The molecule has 3 atom stereocenters. The highest BCUT2D eigenvalue weighted by Crippen LogP contribution is 2.08. The van der Waals surface area contributed by atoms with E-state index in [2.05, 4.69) is 21.3 Å². The van der Waals surface area contributed by atoms with Gasteiger partial charge in [0, 0.05) is 6.42 Å². The quantitative estimate of drug-likeness (QED) is 0.144. The molecule has 12 nitrogen and oxygen atoms in total. The second-order valence-corrected chi connectivity index (χ2v) is 8.79. The number of hydrogen-bond donors (Lipinski definition) is 5. The number of hydrogen-bond acceptors (Lipinski definition) is 8. The van der Waals surface area contributed by atoms with Crippen molar-refractivity contribution in [2.75, 3.05) is 19.7 Å². The SMILES string of the molecule is CCOC(=O)C(NC(=O)CNC(=O)C(Cc1ccccc1)NC(=O)C(CC(C)C)NC(=O)CN)C(C)=O. The van der Waals surface area contributed by atoms with E-state index in [0.717, 1.165) is 12.5 Å². The molecule has 37 heavy (non-hydrogen) atoms. The van der Waals surface area contributed by atoms with Crippen molar-refractivity contribution in [3.8, 4) is 0 Å². The van der Waals surface area contributed by atoms with Crippen LogP contribution in [0, 0.1) is 5.92 Å². The average molecular weight is 520 g/mol. The largest absolute Gasteiger partial charge is 0.464 e. The summed E-state index contributed by atoms with van der Waals surface area (Å²) in [6, 6.07) is 5.42. The number of carbonyl (C=O) groups is 6. The number of ketones is 1. The first kappa shape index (κ1) is 31.2. The van der Waals surface area contributed by atoms with Crippen LogP contribution in [0.5, 0.6) is 0 Å². The van der Waals surface area contributed by atoms with E-state index in [1.165, 1.54) is 0 Å². The molecule has 0 saturated carbocycles. The second kappa shape index (κ2) is 16.0. The van der Waals surface area contributed by atoms with Gasteiger partial charge in [-0.25, -0.2) is 4.79 Å². The van der Waals surface area contributed by atoms with Gasteiger partial charge < -0.3 is 31.7 Å². The normalized spacial score (nSPS) is 13.0. The molecule has 0 radical (unpaired) electrons. The summed E-state index contributed by atoms with van der Waals surface area (Å²) < 4.78 is 4.78. The summed E-state index contributed by atoms with van der Waals surface area (Å²) in [5.41, 5.74) is 6.11. The van der Waals surface area contributed by atoms with Crippen molar-refractivity contribution in [2.24, 2.45) is 11.7 Å². The predicted octanol–water partition coefficient (Wildman–Crippen LogP) is -1.04. The Morgan fingerprint density at radius 2 is 1.54 bits per heavy atom. The van der Waals surface area contributed by atoms with Crippen molar-refractivity contribution >= 4 is 35.4 Å². The standard InChI is InChI=1S/C25H37N5O7/c1-5-37-25(36)22(16(4)31)30-21(33)14-27-23(34)19(12-17-9-7-6-8-10-17)29-24(35)18(11-15(2)3)28-20(32)13-26/h6-10,15,18-19,22H,5,11-14,26H2,1-4H3,(H,27,34)(H,28,32)(H,29,35)(H,30,33). The van der Waals surface area contributed by atoms with E-state index in [-0.39, 0.29) is 25.5 Å². The van der Waals surface area contributed by atoms with E-state index in [1.807, 2.05) is 13.8 Å². The van der Waals surface area contributed by atoms with Gasteiger partial charge in [-0.05, 0) is 31.7 Å². The number of benzene rings is 1. The third-order valence-corrected chi connectivity index (χ3v) is 5.12. The third-order valence-electron chi connectivity index (χ3n) is 5.12. The van der Waals surface area contributed by atoms with Gasteiger partial charge in [0.15, 0.2) is 11.8 Å². The molecule has 0 fully saturated rings. The van der Waals surface area contributed by atoms with E-state index >= 15 is 0 Å². The smallest absolute Gasteiger partial charge is 0.336 e. The Morgan fingerprint density at radius 3 is 2.08 bits per heavy atom. The summed E-state index contributed by atoms with van der Waals surface area (Å²) in [5, 5.41) is 9.86. The van der Waals surface area contributed by atoms with Crippen LogP contribution in [0.1, 0.15) is 39.7 Å². The molecule has 0 aliphatic heterocycles. The molecule has 204 valence electrons. The highest BCUT2D eigenvalue weighted by atomic mass is 16.5. The van der Waals surface area contributed by atoms with Gasteiger partial charge in [0.05, 0.1) is 19.7 Å². The van der Waals surface area contributed by atoms with Crippen LogP contribution in [0.3, 0.4) is 0 Å². The number of rotatable bonds is 15. The van der Waals surface area contributed by atoms with Crippen LogP contribution in [-0.4, -0.2) is 73.2 Å². The fourth-order valence-electron chi connectivity index (χ4n) is 3.34. The zero-order valence-electron chi connectivity index (χ0n) is 21.7. The lowest BCUT2D eigenvalue weighted by Crippen LogP contribution is -2.56. The van der Waals surface area contributed by atoms with Gasteiger partial charge in [-0.15, -0.1) is 0 Å². The van der Waals surface area contributed by atoms with E-state index in [9.17, 15) is 28.8 Å². The Balaban J connectivity index is 2.96. The summed E-state index contributed by atoms with van der Waals surface area (Å²) in [5.74, 6) is -4.01. The van der Waals surface area contributed by atoms with E-state index in [4.69, 9.17) is 10.5 Å². The number of carbonyl (C=O) groups excluding carboxylic acids is 6. The maximum absolute atomic E-state index is 13.0. The highest BCUT2D eigenvalue weighted by molar-refractivity contribution is 6.05. The predicted molar refractivity (Wildman–Crippen MR) is 135 cm³/mol. The van der Waals surface area contributed by atoms with Crippen molar-refractivity contribution in [3.05, 3.63) is 35.9 Å². The molecule has 12 heteroatoms. The molecule has 0 aliphatic rings. The molecule has 4 amide bonds. The summed E-state index contributed by atoms with van der Waals surface area (Å²) in [6.45, 7) is 5.63. The van der Waals surface area contributed by atoms with Crippen molar-refractivity contribution in [2.45, 2.75) is 58.7 Å². The van der Waals surface area contributed by atoms with Gasteiger partial charge in [-0.3, -0.25) is 24.0 Å². The van der Waals surface area contributed by atoms with Crippen molar-refractivity contribution in [1.82, 2.24) is 21.3 Å².